The number of carbonyl (C=O) groups excluding carboxylic acids is 2. The largest absolute Gasteiger partial charge is 0.472 e. The molecule has 0 saturated carbocycles. The molecule has 0 aromatic rings. The molecule has 3 unspecified atom stereocenters. The molecule has 11 heteroatoms. The molecule has 0 amide bonds. The molecule has 0 spiro atoms. The molecule has 0 aromatic heterocycles. The molecule has 0 heterocycles. The van der Waals surface area contributed by atoms with Crippen LogP contribution in [0.25, 0.3) is 0 Å². The first-order chi connectivity index (χ1) is 32.7. The highest BCUT2D eigenvalue weighted by Gasteiger charge is 2.27. The summed E-state index contributed by atoms with van der Waals surface area (Å²) in [5.41, 5.74) is 0. The fraction of sp³-hybridized carbons (Fsp3) is 0.786. The number of allylic oxidation sites excluding steroid dienone is 10. The number of phosphoric acid groups is 1. The van der Waals surface area contributed by atoms with E-state index in [0.29, 0.717) is 12.8 Å². The van der Waals surface area contributed by atoms with E-state index in [0.717, 1.165) is 70.6 Å². The van der Waals surface area contributed by atoms with Gasteiger partial charge in [-0.05, 0) is 77.0 Å². The molecule has 10 nitrogen and oxygen atoms in total. The van der Waals surface area contributed by atoms with Crippen molar-refractivity contribution in [1.29, 1.82) is 0 Å². The first-order valence-corrected chi connectivity index (χ1v) is 28.7. The van der Waals surface area contributed by atoms with Crippen LogP contribution in [0.3, 0.4) is 0 Å². The number of carbonyl (C=O) groups is 2. The zero-order chi connectivity index (χ0) is 49.0. The quantitative estimate of drug-likeness (QED) is 0.0233. The maximum absolute atomic E-state index is 12.7. The molecule has 0 saturated heterocycles. The highest BCUT2D eigenvalue weighted by Crippen LogP contribution is 2.43. The van der Waals surface area contributed by atoms with Crippen LogP contribution in [-0.2, 0) is 32.7 Å². The van der Waals surface area contributed by atoms with Gasteiger partial charge in [-0.3, -0.25) is 18.6 Å². The van der Waals surface area contributed by atoms with Gasteiger partial charge >= 0.3 is 19.8 Å². The first-order valence-electron chi connectivity index (χ1n) is 27.2. The highest BCUT2D eigenvalue weighted by molar-refractivity contribution is 7.47. The molecule has 0 aliphatic rings. The Morgan fingerprint density at radius 3 is 1.25 bits per heavy atom. The van der Waals surface area contributed by atoms with Crippen molar-refractivity contribution in [3.05, 3.63) is 60.8 Å². The third kappa shape index (κ3) is 51.4. The molecule has 0 rings (SSSR count). The van der Waals surface area contributed by atoms with Gasteiger partial charge in [0.1, 0.15) is 12.7 Å². The van der Waals surface area contributed by atoms with Crippen LogP contribution in [-0.4, -0.2) is 65.7 Å². The maximum atomic E-state index is 12.7. The van der Waals surface area contributed by atoms with E-state index < -0.39 is 51.8 Å². The summed E-state index contributed by atoms with van der Waals surface area (Å²) in [6.07, 6.45) is 60.4. The van der Waals surface area contributed by atoms with Gasteiger partial charge in [0.05, 0.1) is 19.8 Å². The number of phosphoric ester groups is 1. The van der Waals surface area contributed by atoms with Crippen molar-refractivity contribution in [2.45, 2.75) is 257 Å². The minimum atomic E-state index is -4.63. The number of hydrogen-bond donors (Lipinski definition) is 3. The number of aliphatic hydroxyl groups excluding tert-OH is 2. The molecule has 0 aromatic carbocycles. The molecule has 3 atom stereocenters. The Morgan fingerprint density at radius 2 is 0.821 bits per heavy atom. The van der Waals surface area contributed by atoms with Gasteiger partial charge in [0.25, 0.3) is 0 Å². The second kappa shape index (κ2) is 51.5. The second-order valence-corrected chi connectivity index (χ2v) is 19.7. The summed E-state index contributed by atoms with van der Waals surface area (Å²) in [5, 5.41) is 18.4. The number of hydrogen-bond acceptors (Lipinski definition) is 9. The topological polar surface area (TPSA) is 149 Å². The Labute approximate surface area is 410 Å². The minimum Gasteiger partial charge on any atom is -0.462 e. The van der Waals surface area contributed by atoms with Crippen LogP contribution >= 0.6 is 7.82 Å². The standard InChI is InChI=1S/C56H101O10P/c1-3-5-7-9-11-13-15-17-19-21-23-25-26-28-30-32-34-36-38-40-42-44-46-48-56(60)66-54(52-65-67(61,62)64-50-53(58)49-57)51-63-55(59)47-45-43-41-39-37-35-33-31-29-27-24-22-20-18-16-14-12-10-8-6-4-2/h5,7,11,13,17,19,22-25,53-54,57-58H,3-4,6,8-10,12,14-16,18,20-21,26-52H2,1-2H3,(H,61,62)/b7-5-,13-11-,19-17-,24-22-,25-23-. The molecule has 390 valence electrons. The highest BCUT2D eigenvalue weighted by atomic mass is 31.2. The normalized spacial score (nSPS) is 14.0. The average molecular weight is 965 g/mol. The lowest BCUT2D eigenvalue weighted by Crippen LogP contribution is -2.29. The predicted octanol–water partition coefficient (Wildman–Crippen LogP) is 15.8. The van der Waals surface area contributed by atoms with Gasteiger partial charge in [0.2, 0.25) is 0 Å². The number of unbranched alkanes of at least 4 members (excludes halogenated alkanes) is 27. The number of rotatable bonds is 51. The lowest BCUT2D eigenvalue weighted by Gasteiger charge is -2.20. The van der Waals surface area contributed by atoms with Crippen LogP contribution in [0.2, 0.25) is 0 Å². The third-order valence-electron chi connectivity index (χ3n) is 11.7. The van der Waals surface area contributed by atoms with Crippen LogP contribution < -0.4 is 0 Å². The second-order valence-electron chi connectivity index (χ2n) is 18.2. The summed E-state index contributed by atoms with van der Waals surface area (Å²) in [6, 6.07) is 0. The van der Waals surface area contributed by atoms with E-state index in [1.165, 1.54) is 135 Å². The van der Waals surface area contributed by atoms with Crippen LogP contribution in [0, 0.1) is 0 Å². The Bertz CT molecular complexity index is 1290. The van der Waals surface area contributed by atoms with E-state index >= 15 is 0 Å². The van der Waals surface area contributed by atoms with Gasteiger partial charge in [-0.25, -0.2) is 4.57 Å². The van der Waals surface area contributed by atoms with Crippen molar-refractivity contribution in [3.8, 4) is 0 Å². The molecule has 0 aliphatic carbocycles. The summed E-state index contributed by atoms with van der Waals surface area (Å²) in [4.78, 5) is 35.3. The molecule has 0 radical (unpaired) electrons. The van der Waals surface area contributed by atoms with Crippen molar-refractivity contribution in [1.82, 2.24) is 0 Å². The van der Waals surface area contributed by atoms with E-state index in [1.54, 1.807) is 0 Å². The summed E-state index contributed by atoms with van der Waals surface area (Å²) < 4.78 is 32.9. The van der Waals surface area contributed by atoms with Crippen molar-refractivity contribution in [2.75, 3.05) is 26.4 Å². The SMILES string of the molecule is CC/C=C\C/C=C\C/C=C\C/C=C\CCCCCCCCCCCCC(=O)OC(COC(=O)CCCCCCCCCCC/C=C\CCCCCCCCCC)COP(=O)(O)OCC(O)CO. The smallest absolute Gasteiger partial charge is 0.462 e. The summed E-state index contributed by atoms with van der Waals surface area (Å²) in [6.45, 7) is 2.30. The van der Waals surface area contributed by atoms with E-state index in [2.05, 4.69) is 74.6 Å². The van der Waals surface area contributed by atoms with Gasteiger partial charge in [0.15, 0.2) is 6.10 Å². The van der Waals surface area contributed by atoms with Gasteiger partial charge in [0, 0.05) is 12.8 Å². The van der Waals surface area contributed by atoms with Gasteiger partial charge in [-0.15, -0.1) is 0 Å². The Morgan fingerprint density at radius 1 is 0.463 bits per heavy atom. The fourth-order valence-electron chi connectivity index (χ4n) is 7.51. The van der Waals surface area contributed by atoms with E-state index in [9.17, 15) is 24.2 Å². The lowest BCUT2D eigenvalue weighted by molar-refractivity contribution is -0.161. The summed E-state index contributed by atoms with van der Waals surface area (Å²) in [5.74, 6) is -0.926. The minimum absolute atomic E-state index is 0.177. The maximum Gasteiger partial charge on any atom is 0.472 e. The first kappa shape index (κ1) is 64.7. The average Bonchev–Trinajstić information content (AvgIpc) is 3.32. The van der Waals surface area contributed by atoms with E-state index in [4.69, 9.17) is 23.6 Å². The van der Waals surface area contributed by atoms with Crippen molar-refractivity contribution in [3.63, 3.8) is 0 Å². The van der Waals surface area contributed by atoms with E-state index in [1.807, 2.05) is 0 Å². The number of esters is 2. The molecule has 3 N–H and O–H groups in total. The van der Waals surface area contributed by atoms with Crippen molar-refractivity contribution < 1.29 is 47.8 Å². The molecule has 67 heavy (non-hydrogen) atoms. The van der Waals surface area contributed by atoms with Gasteiger partial charge in [-0.1, -0.05) is 216 Å². The van der Waals surface area contributed by atoms with Crippen molar-refractivity contribution >= 4 is 19.8 Å². The zero-order valence-corrected chi connectivity index (χ0v) is 43.8. The zero-order valence-electron chi connectivity index (χ0n) is 42.9. The molecular formula is C56H101O10P. The van der Waals surface area contributed by atoms with Crippen molar-refractivity contribution in [2.24, 2.45) is 0 Å². The predicted molar refractivity (Wildman–Crippen MR) is 279 cm³/mol. The van der Waals surface area contributed by atoms with Crippen LogP contribution in [0.5, 0.6) is 0 Å². The Balaban J connectivity index is 4.15. The molecular weight excluding hydrogens is 864 g/mol. The third-order valence-corrected chi connectivity index (χ3v) is 12.6. The summed E-state index contributed by atoms with van der Waals surface area (Å²) in [7, 11) is -4.63. The molecule has 0 fully saturated rings. The Hall–Kier alpha value is -2.33. The number of aliphatic hydroxyl groups is 2. The van der Waals surface area contributed by atoms with Gasteiger partial charge in [-0.2, -0.15) is 0 Å². The van der Waals surface area contributed by atoms with Crippen LogP contribution in [0.15, 0.2) is 60.8 Å². The van der Waals surface area contributed by atoms with Crippen LogP contribution in [0.4, 0.5) is 0 Å². The fourth-order valence-corrected chi connectivity index (χ4v) is 8.30. The summed E-state index contributed by atoms with van der Waals surface area (Å²) >= 11 is 0. The lowest BCUT2D eigenvalue weighted by atomic mass is 10.0. The van der Waals surface area contributed by atoms with E-state index in [-0.39, 0.29) is 19.4 Å². The Kier molecular flexibility index (Phi) is 49.7. The molecule has 0 bridgehead atoms. The van der Waals surface area contributed by atoms with Crippen LogP contribution in [0.1, 0.15) is 245 Å². The van der Waals surface area contributed by atoms with Gasteiger partial charge < -0.3 is 24.6 Å². The number of ether oxygens (including phenoxy) is 2. The molecule has 0 aliphatic heterocycles. The monoisotopic (exact) mass is 965 g/mol.